The Labute approximate surface area is 332 Å². The number of hydrogen-bond acceptors (Lipinski definition) is 8. The van der Waals surface area contributed by atoms with Crippen LogP contribution in [0.4, 0.5) is 0 Å². The van der Waals surface area contributed by atoms with Gasteiger partial charge in [0.25, 0.3) is 0 Å². The molecule has 0 saturated carbocycles. The standard InChI is InChI=1S/C45H89NO8/c1-3-5-7-9-11-13-15-17-19-21-23-25-27-29-31-33-35-41(49)46-38(37-53-45-44(52)43(51)42(50)40(36-47)54-45)39(48)34-32-30-28-26-24-22-20-18-16-14-12-10-8-6-4-2/h38-40,42-45,47-48,50-52H,3-37H2,1-2H3,(H,46,49)/t38-,39+,40-,42-,43?,44?,45-/m0/s1. The molecule has 54 heavy (non-hydrogen) atoms. The summed E-state index contributed by atoms with van der Waals surface area (Å²) in [6.45, 7) is 3.85. The van der Waals surface area contributed by atoms with E-state index in [2.05, 4.69) is 19.2 Å². The molecule has 0 aromatic heterocycles. The van der Waals surface area contributed by atoms with Crippen molar-refractivity contribution in [1.29, 1.82) is 0 Å². The van der Waals surface area contributed by atoms with Crippen molar-refractivity contribution in [1.82, 2.24) is 5.32 Å². The highest BCUT2D eigenvalue weighted by atomic mass is 16.7. The van der Waals surface area contributed by atoms with E-state index in [1.807, 2.05) is 0 Å². The fourth-order valence-electron chi connectivity index (χ4n) is 7.69. The summed E-state index contributed by atoms with van der Waals surface area (Å²) < 4.78 is 11.3. The minimum absolute atomic E-state index is 0.132. The number of amides is 1. The van der Waals surface area contributed by atoms with E-state index in [-0.39, 0.29) is 12.5 Å². The van der Waals surface area contributed by atoms with Crippen LogP contribution in [0.2, 0.25) is 0 Å². The van der Waals surface area contributed by atoms with Crippen LogP contribution in [0.3, 0.4) is 0 Å². The molecule has 1 amide bonds. The first-order valence-corrected chi connectivity index (χ1v) is 23.2. The second kappa shape index (κ2) is 36.5. The molecule has 1 heterocycles. The van der Waals surface area contributed by atoms with Crippen LogP contribution in [-0.4, -0.2) is 87.5 Å². The normalized spacial score (nSPS) is 21.4. The molecule has 9 heteroatoms. The minimum atomic E-state index is -1.55. The zero-order valence-electron chi connectivity index (χ0n) is 35.3. The summed E-state index contributed by atoms with van der Waals surface area (Å²) in [6, 6.07) is -0.711. The molecule has 1 aliphatic rings. The van der Waals surface area contributed by atoms with E-state index in [1.165, 1.54) is 161 Å². The number of aliphatic hydroxyl groups is 5. The molecule has 1 fully saturated rings. The Balaban J connectivity index is 2.31. The molecule has 0 spiro atoms. The molecule has 322 valence electrons. The fraction of sp³-hybridized carbons (Fsp3) is 0.978. The molecule has 0 aromatic carbocycles. The first-order chi connectivity index (χ1) is 26.3. The van der Waals surface area contributed by atoms with Crippen molar-refractivity contribution in [3.63, 3.8) is 0 Å². The summed E-state index contributed by atoms with van der Waals surface area (Å²) in [5, 5.41) is 54.3. The minimum Gasteiger partial charge on any atom is -0.394 e. The highest BCUT2D eigenvalue weighted by Crippen LogP contribution is 2.23. The molecular formula is C45H89NO8. The van der Waals surface area contributed by atoms with Crippen LogP contribution >= 0.6 is 0 Å². The lowest BCUT2D eigenvalue weighted by Gasteiger charge is -2.40. The number of carbonyl (C=O) groups is 1. The Hall–Kier alpha value is -0.810. The van der Waals surface area contributed by atoms with Gasteiger partial charge in [0.05, 0.1) is 25.4 Å². The van der Waals surface area contributed by atoms with Crippen molar-refractivity contribution >= 4 is 5.91 Å². The Kier molecular flexibility index (Phi) is 34.6. The molecular weight excluding hydrogens is 682 g/mol. The largest absolute Gasteiger partial charge is 0.394 e. The van der Waals surface area contributed by atoms with E-state index in [4.69, 9.17) is 9.47 Å². The van der Waals surface area contributed by atoms with Gasteiger partial charge in [-0.1, -0.05) is 206 Å². The summed E-state index contributed by atoms with van der Waals surface area (Å²) in [5.41, 5.74) is 0. The SMILES string of the molecule is CCCCCCCCCCCCCCCCCCC(=O)N[C@@H](CO[C@H]1O[C@@H](CO)[C@H](O)C(O)C1O)[C@H](O)CCCCCCCCCCCCCCCCC. The van der Waals surface area contributed by atoms with Gasteiger partial charge >= 0.3 is 0 Å². The third kappa shape index (κ3) is 26.9. The molecule has 1 rings (SSSR count). The average Bonchev–Trinajstić information content (AvgIpc) is 3.17. The molecule has 9 nitrogen and oxygen atoms in total. The second-order valence-electron chi connectivity index (χ2n) is 16.6. The molecule has 2 unspecified atom stereocenters. The Bertz CT molecular complexity index is 817. The monoisotopic (exact) mass is 772 g/mol. The maximum Gasteiger partial charge on any atom is 0.220 e. The fourth-order valence-corrected chi connectivity index (χ4v) is 7.69. The highest BCUT2D eigenvalue weighted by Gasteiger charge is 2.44. The number of carbonyl (C=O) groups excluding carboxylic acids is 1. The van der Waals surface area contributed by atoms with Crippen molar-refractivity contribution in [2.24, 2.45) is 0 Å². The van der Waals surface area contributed by atoms with E-state index >= 15 is 0 Å². The zero-order valence-corrected chi connectivity index (χ0v) is 35.3. The number of nitrogens with one attached hydrogen (secondary N) is 1. The van der Waals surface area contributed by atoms with E-state index in [0.29, 0.717) is 12.8 Å². The van der Waals surface area contributed by atoms with Gasteiger partial charge in [0, 0.05) is 6.42 Å². The molecule has 0 radical (unpaired) electrons. The van der Waals surface area contributed by atoms with Crippen molar-refractivity contribution in [3.05, 3.63) is 0 Å². The number of ether oxygens (including phenoxy) is 2. The molecule has 0 aliphatic carbocycles. The third-order valence-corrected chi connectivity index (χ3v) is 11.5. The van der Waals surface area contributed by atoms with Gasteiger partial charge in [0.1, 0.15) is 24.4 Å². The lowest BCUT2D eigenvalue weighted by atomic mass is 9.99. The smallest absolute Gasteiger partial charge is 0.220 e. The summed E-state index contributed by atoms with van der Waals surface area (Å²) in [7, 11) is 0. The van der Waals surface area contributed by atoms with Crippen molar-refractivity contribution < 1.29 is 39.8 Å². The maximum absolute atomic E-state index is 13.0. The van der Waals surface area contributed by atoms with Crippen LogP contribution in [0.1, 0.15) is 226 Å². The van der Waals surface area contributed by atoms with Crippen LogP contribution in [0.5, 0.6) is 0 Å². The zero-order chi connectivity index (χ0) is 39.5. The van der Waals surface area contributed by atoms with Gasteiger partial charge in [-0.3, -0.25) is 4.79 Å². The van der Waals surface area contributed by atoms with E-state index < -0.39 is 49.5 Å². The van der Waals surface area contributed by atoms with Crippen LogP contribution in [-0.2, 0) is 14.3 Å². The van der Waals surface area contributed by atoms with Gasteiger partial charge in [0.15, 0.2) is 6.29 Å². The average molecular weight is 772 g/mol. The van der Waals surface area contributed by atoms with E-state index in [9.17, 15) is 30.3 Å². The summed E-state index contributed by atoms with van der Waals surface area (Å²) in [6.07, 6.45) is 32.4. The lowest BCUT2D eigenvalue weighted by molar-refractivity contribution is -0.302. The van der Waals surface area contributed by atoms with Gasteiger partial charge in [-0.15, -0.1) is 0 Å². The molecule has 0 aromatic rings. The van der Waals surface area contributed by atoms with E-state index in [0.717, 1.165) is 38.5 Å². The van der Waals surface area contributed by atoms with Gasteiger partial charge in [-0.2, -0.15) is 0 Å². The molecule has 7 atom stereocenters. The van der Waals surface area contributed by atoms with Crippen LogP contribution in [0, 0.1) is 0 Å². The van der Waals surface area contributed by atoms with Crippen LogP contribution in [0.15, 0.2) is 0 Å². The summed E-state index contributed by atoms with van der Waals surface area (Å²) in [5.74, 6) is -0.140. The number of aliphatic hydroxyl groups excluding tert-OH is 5. The predicted octanol–water partition coefficient (Wildman–Crippen LogP) is 9.56. The second-order valence-corrected chi connectivity index (χ2v) is 16.6. The molecule has 0 bridgehead atoms. The van der Waals surface area contributed by atoms with Gasteiger partial charge in [-0.25, -0.2) is 0 Å². The summed E-state index contributed by atoms with van der Waals surface area (Å²) in [4.78, 5) is 13.0. The Morgan fingerprint density at radius 2 is 0.926 bits per heavy atom. The van der Waals surface area contributed by atoms with Crippen molar-refractivity contribution in [2.45, 2.75) is 269 Å². The molecule has 1 aliphatic heterocycles. The lowest BCUT2D eigenvalue weighted by Crippen LogP contribution is -2.60. The number of hydrogen-bond donors (Lipinski definition) is 6. The van der Waals surface area contributed by atoms with Crippen molar-refractivity contribution in [3.8, 4) is 0 Å². The Morgan fingerprint density at radius 3 is 1.31 bits per heavy atom. The first kappa shape index (κ1) is 51.2. The van der Waals surface area contributed by atoms with Gasteiger partial charge < -0.3 is 40.3 Å². The summed E-state index contributed by atoms with van der Waals surface area (Å²) >= 11 is 0. The Morgan fingerprint density at radius 1 is 0.556 bits per heavy atom. The van der Waals surface area contributed by atoms with Crippen molar-refractivity contribution in [2.75, 3.05) is 13.2 Å². The quantitative estimate of drug-likeness (QED) is 0.0339. The topological polar surface area (TPSA) is 149 Å². The number of rotatable bonds is 39. The van der Waals surface area contributed by atoms with Crippen LogP contribution < -0.4 is 5.32 Å². The molecule has 1 saturated heterocycles. The highest BCUT2D eigenvalue weighted by molar-refractivity contribution is 5.76. The third-order valence-electron chi connectivity index (χ3n) is 11.5. The van der Waals surface area contributed by atoms with Crippen LogP contribution in [0.25, 0.3) is 0 Å². The number of unbranched alkanes of at least 4 members (excludes halogenated alkanes) is 29. The van der Waals surface area contributed by atoms with E-state index in [1.54, 1.807) is 0 Å². The van der Waals surface area contributed by atoms with Gasteiger partial charge in [0.2, 0.25) is 5.91 Å². The molecule has 6 N–H and O–H groups in total. The first-order valence-electron chi connectivity index (χ1n) is 23.2. The maximum atomic E-state index is 13.0. The predicted molar refractivity (Wildman–Crippen MR) is 221 cm³/mol. The van der Waals surface area contributed by atoms with Gasteiger partial charge in [-0.05, 0) is 12.8 Å².